The summed E-state index contributed by atoms with van der Waals surface area (Å²) < 4.78 is 19.0. The van der Waals surface area contributed by atoms with E-state index >= 15 is 0 Å². The van der Waals surface area contributed by atoms with E-state index in [1.807, 2.05) is 18.2 Å². The number of benzene rings is 2. The van der Waals surface area contributed by atoms with E-state index in [0.717, 1.165) is 18.4 Å². The molecule has 2 aromatic carbocycles. The van der Waals surface area contributed by atoms with Gasteiger partial charge in [0.2, 0.25) is 0 Å². The van der Waals surface area contributed by atoms with Gasteiger partial charge in [0.1, 0.15) is 18.3 Å². The Kier molecular flexibility index (Phi) is 5.52. The predicted octanol–water partition coefficient (Wildman–Crippen LogP) is 3.17. The number of aryl methyl sites for hydroxylation is 1. The SMILES string of the molecule is CCc1ccc(Cc2cc([C@@H]3O[C@H](O)C(F)[C@H](O)[C@H]3O)ccc2C2CC2)cc1. The minimum absolute atomic E-state index is 0.558. The van der Waals surface area contributed by atoms with Crippen LogP contribution in [0.1, 0.15) is 59.6 Å². The molecule has 0 spiro atoms. The summed E-state index contributed by atoms with van der Waals surface area (Å²) in [6, 6.07) is 14.4. The number of hydrogen-bond donors (Lipinski definition) is 3. The van der Waals surface area contributed by atoms with Gasteiger partial charge in [0.25, 0.3) is 0 Å². The lowest BCUT2D eigenvalue weighted by Gasteiger charge is -2.37. The number of halogens is 1. The normalized spacial score (nSPS) is 30.4. The minimum Gasteiger partial charge on any atom is -0.387 e. The van der Waals surface area contributed by atoms with E-state index in [0.29, 0.717) is 11.5 Å². The van der Waals surface area contributed by atoms with E-state index in [1.165, 1.54) is 29.5 Å². The second-order valence-electron chi connectivity index (χ2n) is 7.95. The molecule has 1 aliphatic heterocycles. The van der Waals surface area contributed by atoms with E-state index < -0.39 is 30.8 Å². The van der Waals surface area contributed by atoms with Gasteiger partial charge in [-0.25, -0.2) is 4.39 Å². The molecule has 1 saturated carbocycles. The first kappa shape index (κ1) is 19.5. The average molecular weight is 386 g/mol. The molecule has 1 saturated heterocycles. The van der Waals surface area contributed by atoms with Gasteiger partial charge in [-0.15, -0.1) is 0 Å². The first-order valence-corrected chi connectivity index (χ1v) is 10.0. The maximum Gasteiger partial charge on any atom is 0.189 e. The lowest BCUT2D eigenvalue weighted by molar-refractivity contribution is -0.268. The number of aliphatic hydroxyl groups is 3. The van der Waals surface area contributed by atoms with Gasteiger partial charge in [0, 0.05) is 0 Å². The van der Waals surface area contributed by atoms with E-state index in [9.17, 15) is 19.7 Å². The first-order valence-electron chi connectivity index (χ1n) is 10.0. The zero-order valence-electron chi connectivity index (χ0n) is 16.0. The maximum absolute atomic E-state index is 13.7. The van der Waals surface area contributed by atoms with Crippen LogP contribution in [0.5, 0.6) is 0 Å². The molecule has 2 aromatic rings. The van der Waals surface area contributed by atoms with Gasteiger partial charge >= 0.3 is 0 Å². The summed E-state index contributed by atoms with van der Waals surface area (Å²) in [6.07, 6.45) is -3.75. The highest BCUT2D eigenvalue weighted by Gasteiger charge is 2.45. The Balaban J connectivity index is 1.63. The molecule has 0 amide bonds. The summed E-state index contributed by atoms with van der Waals surface area (Å²) in [7, 11) is 0. The standard InChI is InChI=1S/C23H27FO4/c1-2-13-3-5-14(6-4-13)11-17-12-16(9-10-18(17)15-7-8-15)22-21(26)20(25)19(24)23(27)28-22/h3-6,9-10,12,15,19-23,25-27H,2,7-8,11H2,1H3/t19?,20-,21+,22-,23-/m0/s1. The Hall–Kier alpha value is -1.79. The first-order chi connectivity index (χ1) is 13.5. The van der Waals surface area contributed by atoms with Crippen molar-refractivity contribution in [2.75, 3.05) is 0 Å². The summed E-state index contributed by atoms with van der Waals surface area (Å²) in [5.74, 6) is 0.558. The van der Waals surface area contributed by atoms with Crippen LogP contribution in [0.15, 0.2) is 42.5 Å². The quantitative estimate of drug-likeness (QED) is 0.738. The van der Waals surface area contributed by atoms with E-state index in [1.54, 1.807) is 0 Å². The Morgan fingerprint density at radius 3 is 2.29 bits per heavy atom. The van der Waals surface area contributed by atoms with Gasteiger partial charge in [-0.3, -0.25) is 0 Å². The van der Waals surface area contributed by atoms with Crippen molar-refractivity contribution < 1.29 is 24.4 Å². The van der Waals surface area contributed by atoms with Crippen LogP contribution < -0.4 is 0 Å². The molecule has 2 aliphatic rings. The van der Waals surface area contributed by atoms with E-state index in [-0.39, 0.29) is 0 Å². The van der Waals surface area contributed by atoms with Gasteiger partial charge in [-0.2, -0.15) is 0 Å². The lowest BCUT2D eigenvalue weighted by atomic mass is 9.89. The molecule has 2 fully saturated rings. The topological polar surface area (TPSA) is 69.9 Å². The molecule has 1 unspecified atom stereocenters. The van der Waals surface area contributed by atoms with Crippen molar-refractivity contribution in [3.05, 3.63) is 70.3 Å². The molecule has 1 heterocycles. The summed E-state index contributed by atoms with van der Waals surface area (Å²) in [6.45, 7) is 2.13. The van der Waals surface area contributed by atoms with Crippen LogP contribution in [-0.4, -0.2) is 40.0 Å². The Bertz CT molecular complexity index is 818. The highest BCUT2D eigenvalue weighted by atomic mass is 19.1. The smallest absolute Gasteiger partial charge is 0.189 e. The zero-order valence-corrected chi connectivity index (χ0v) is 16.0. The Labute approximate surface area is 164 Å². The number of rotatable bonds is 5. The molecular formula is C23H27FO4. The van der Waals surface area contributed by atoms with Crippen LogP contribution in [0.25, 0.3) is 0 Å². The van der Waals surface area contributed by atoms with Crippen molar-refractivity contribution in [1.29, 1.82) is 0 Å². The summed E-state index contributed by atoms with van der Waals surface area (Å²) in [5.41, 5.74) is 5.57. The Morgan fingerprint density at radius 1 is 0.964 bits per heavy atom. The summed E-state index contributed by atoms with van der Waals surface area (Å²) in [4.78, 5) is 0. The average Bonchev–Trinajstić information content (AvgIpc) is 3.55. The third kappa shape index (κ3) is 3.85. The third-order valence-electron chi connectivity index (χ3n) is 5.88. The van der Waals surface area contributed by atoms with Crippen LogP contribution in [0.2, 0.25) is 0 Å². The number of aliphatic hydroxyl groups excluding tert-OH is 3. The monoisotopic (exact) mass is 386 g/mol. The second-order valence-corrected chi connectivity index (χ2v) is 7.95. The fourth-order valence-electron chi connectivity index (χ4n) is 3.98. The number of alkyl halides is 1. The molecule has 5 heteroatoms. The van der Waals surface area contributed by atoms with Crippen LogP contribution in [0.3, 0.4) is 0 Å². The molecule has 28 heavy (non-hydrogen) atoms. The highest BCUT2D eigenvalue weighted by Crippen LogP contribution is 2.43. The molecular weight excluding hydrogens is 359 g/mol. The molecule has 0 bridgehead atoms. The summed E-state index contributed by atoms with van der Waals surface area (Å²) in [5, 5.41) is 29.9. The minimum atomic E-state index is -2.02. The highest BCUT2D eigenvalue weighted by molar-refractivity contribution is 5.41. The van der Waals surface area contributed by atoms with Gasteiger partial charge in [-0.1, -0.05) is 49.4 Å². The predicted molar refractivity (Wildman–Crippen MR) is 104 cm³/mol. The van der Waals surface area contributed by atoms with Gasteiger partial charge in [-0.05, 0) is 59.4 Å². The summed E-state index contributed by atoms with van der Waals surface area (Å²) >= 11 is 0. The van der Waals surface area contributed by atoms with Crippen LogP contribution >= 0.6 is 0 Å². The number of hydrogen-bond acceptors (Lipinski definition) is 4. The molecule has 5 atom stereocenters. The van der Waals surface area contributed by atoms with Gasteiger partial charge in [0.05, 0.1) is 0 Å². The van der Waals surface area contributed by atoms with Gasteiger partial charge < -0.3 is 20.1 Å². The van der Waals surface area contributed by atoms with E-state index in [2.05, 4.69) is 31.2 Å². The largest absolute Gasteiger partial charge is 0.387 e. The third-order valence-corrected chi connectivity index (χ3v) is 5.88. The van der Waals surface area contributed by atoms with Crippen molar-refractivity contribution in [3.8, 4) is 0 Å². The van der Waals surface area contributed by atoms with Crippen LogP contribution in [0, 0.1) is 0 Å². The molecule has 4 rings (SSSR count). The van der Waals surface area contributed by atoms with Crippen LogP contribution in [-0.2, 0) is 17.6 Å². The fourth-order valence-corrected chi connectivity index (χ4v) is 3.98. The lowest BCUT2D eigenvalue weighted by Crippen LogP contribution is -2.52. The molecule has 3 N–H and O–H groups in total. The van der Waals surface area contributed by atoms with Crippen molar-refractivity contribution in [1.82, 2.24) is 0 Å². The molecule has 4 nitrogen and oxygen atoms in total. The molecule has 0 aromatic heterocycles. The van der Waals surface area contributed by atoms with Crippen molar-refractivity contribution in [3.63, 3.8) is 0 Å². The van der Waals surface area contributed by atoms with Crippen LogP contribution in [0.4, 0.5) is 4.39 Å². The number of ether oxygens (including phenoxy) is 1. The van der Waals surface area contributed by atoms with Crippen molar-refractivity contribution >= 4 is 0 Å². The molecule has 150 valence electrons. The van der Waals surface area contributed by atoms with Gasteiger partial charge in [0.15, 0.2) is 12.5 Å². The Morgan fingerprint density at radius 2 is 1.64 bits per heavy atom. The second kappa shape index (κ2) is 7.91. The zero-order chi connectivity index (χ0) is 19.8. The molecule has 1 aliphatic carbocycles. The molecule has 0 radical (unpaired) electrons. The maximum atomic E-state index is 13.7. The van der Waals surface area contributed by atoms with Crippen molar-refractivity contribution in [2.45, 2.75) is 69.3 Å². The van der Waals surface area contributed by atoms with Crippen molar-refractivity contribution in [2.24, 2.45) is 0 Å². The van der Waals surface area contributed by atoms with E-state index in [4.69, 9.17) is 4.74 Å². The fraction of sp³-hybridized carbons (Fsp3) is 0.478.